The third kappa shape index (κ3) is 5.37. The van der Waals surface area contributed by atoms with E-state index < -0.39 is 0 Å². The second-order valence-electron chi connectivity index (χ2n) is 14.0. The van der Waals surface area contributed by atoms with Crippen molar-refractivity contribution in [3.63, 3.8) is 0 Å². The number of hydrogen-bond acceptors (Lipinski definition) is 4. The molecule has 0 fully saturated rings. The maximum absolute atomic E-state index is 6.47. The first kappa shape index (κ1) is 31.9. The van der Waals surface area contributed by atoms with Crippen LogP contribution in [0, 0.1) is 0 Å². The van der Waals surface area contributed by atoms with Gasteiger partial charge in [-0.15, -0.1) is 0 Å². The monoisotopic (exact) mass is 716 g/mol. The van der Waals surface area contributed by atoms with Gasteiger partial charge in [0.25, 0.3) is 0 Å². The summed E-state index contributed by atoms with van der Waals surface area (Å²) in [5.74, 6) is 1.82. The fraction of sp³-hybridized carbons (Fsp3) is 0. The Hall–Kier alpha value is -7.63. The molecule has 0 unspecified atom stereocenters. The maximum atomic E-state index is 6.47. The normalized spacial score (nSPS) is 11.6. The van der Waals surface area contributed by atoms with Crippen LogP contribution in [0.25, 0.3) is 106 Å². The predicted octanol–water partition coefficient (Wildman–Crippen LogP) is 13.2. The van der Waals surface area contributed by atoms with Crippen LogP contribution in [0.3, 0.4) is 0 Å². The fourth-order valence-corrected chi connectivity index (χ4v) is 7.97. The number of para-hydroxylation sites is 2. The summed E-state index contributed by atoms with van der Waals surface area (Å²) in [4.78, 5) is 15.5. The Labute approximate surface area is 322 Å². The SMILES string of the molecule is c1ccc(-c2cccc(-c3ccc(-n4c5ccccc5c5cc6c(cc54)oc4ccccc46)c(-c4nc(-c5ccccc5)nc(-c5ccccc5)n4)c3)c2)cc1. The van der Waals surface area contributed by atoms with Crippen molar-refractivity contribution < 1.29 is 4.42 Å². The van der Waals surface area contributed by atoms with Gasteiger partial charge in [-0.05, 0) is 58.7 Å². The van der Waals surface area contributed by atoms with E-state index in [1.54, 1.807) is 0 Å². The average Bonchev–Trinajstić information content (AvgIpc) is 3.81. The third-order valence-electron chi connectivity index (χ3n) is 10.7. The number of rotatable bonds is 6. The van der Waals surface area contributed by atoms with Crippen molar-refractivity contribution in [3.8, 4) is 62.1 Å². The minimum absolute atomic E-state index is 0.588. The molecule has 0 saturated heterocycles. The van der Waals surface area contributed by atoms with Crippen molar-refractivity contribution in [2.45, 2.75) is 0 Å². The summed E-state index contributed by atoms with van der Waals surface area (Å²) in [6.07, 6.45) is 0. The van der Waals surface area contributed by atoms with Gasteiger partial charge in [-0.3, -0.25) is 0 Å². The molecule has 0 bridgehead atoms. The van der Waals surface area contributed by atoms with Crippen LogP contribution >= 0.6 is 0 Å². The molecular weight excluding hydrogens is 685 g/mol. The van der Waals surface area contributed by atoms with Gasteiger partial charge in [-0.2, -0.15) is 0 Å². The predicted molar refractivity (Wildman–Crippen MR) is 229 cm³/mol. The molecule has 262 valence electrons. The Morgan fingerprint density at radius 1 is 0.321 bits per heavy atom. The topological polar surface area (TPSA) is 56.7 Å². The standard InChI is InChI=1S/C51H32N4O/c1-4-15-33(16-5-1)36-21-14-22-37(29-36)38-27-28-45(43(30-38)51-53-49(34-17-6-2-7-18-34)52-50(54-51)35-19-8-3-9-20-35)55-44-25-12-10-23-39(44)41-31-42-40-24-11-13-26-47(40)56-48(42)32-46(41)55/h1-32H. The molecule has 3 heterocycles. The fourth-order valence-electron chi connectivity index (χ4n) is 7.97. The van der Waals surface area contributed by atoms with Crippen molar-refractivity contribution in [1.29, 1.82) is 0 Å². The van der Waals surface area contributed by atoms with Crippen LogP contribution < -0.4 is 0 Å². The molecule has 0 N–H and O–H groups in total. The van der Waals surface area contributed by atoms with E-state index in [0.29, 0.717) is 17.5 Å². The van der Waals surface area contributed by atoms with Gasteiger partial charge in [0, 0.05) is 44.3 Å². The molecule has 11 aromatic rings. The number of fused-ring (bicyclic) bond motifs is 6. The molecule has 0 saturated carbocycles. The molecule has 0 aliphatic carbocycles. The van der Waals surface area contributed by atoms with Gasteiger partial charge < -0.3 is 8.98 Å². The van der Waals surface area contributed by atoms with Crippen LogP contribution in [-0.2, 0) is 0 Å². The molecule has 0 amide bonds. The molecule has 0 radical (unpaired) electrons. The second kappa shape index (κ2) is 13.0. The van der Waals surface area contributed by atoms with E-state index in [1.807, 2.05) is 78.9 Å². The van der Waals surface area contributed by atoms with Crippen molar-refractivity contribution >= 4 is 43.7 Å². The maximum Gasteiger partial charge on any atom is 0.166 e. The summed E-state index contributed by atoms with van der Waals surface area (Å²) in [5, 5.41) is 4.51. The zero-order valence-corrected chi connectivity index (χ0v) is 30.2. The van der Waals surface area contributed by atoms with Gasteiger partial charge in [-0.1, -0.05) is 152 Å². The lowest BCUT2D eigenvalue weighted by Gasteiger charge is -2.16. The van der Waals surface area contributed by atoms with Gasteiger partial charge in [0.1, 0.15) is 11.2 Å². The van der Waals surface area contributed by atoms with Crippen LogP contribution in [0.1, 0.15) is 0 Å². The van der Waals surface area contributed by atoms with E-state index in [-0.39, 0.29) is 0 Å². The van der Waals surface area contributed by atoms with Gasteiger partial charge >= 0.3 is 0 Å². The molecule has 3 aromatic heterocycles. The van der Waals surface area contributed by atoms with Gasteiger partial charge in [0.15, 0.2) is 17.5 Å². The van der Waals surface area contributed by atoms with E-state index in [4.69, 9.17) is 19.4 Å². The van der Waals surface area contributed by atoms with E-state index in [1.165, 1.54) is 5.56 Å². The van der Waals surface area contributed by atoms with Gasteiger partial charge in [0.2, 0.25) is 0 Å². The zero-order chi connectivity index (χ0) is 37.0. The van der Waals surface area contributed by atoms with Crippen LogP contribution in [0.5, 0.6) is 0 Å². The largest absolute Gasteiger partial charge is 0.456 e. The molecule has 0 aliphatic rings. The number of benzene rings is 8. The highest BCUT2D eigenvalue weighted by Gasteiger charge is 2.22. The molecule has 0 spiro atoms. The first-order valence-corrected chi connectivity index (χ1v) is 18.8. The van der Waals surface area contributed by atoms with Crippen LogP contribution in [-0.4, -0.2) is 19.5 Å². The van der Waals surface area contributed by atoms with Crippen molar-refractivity contribution in [2.75, 3.05) is 0 Å². The van der Waals surface area contributed by atoms with Crippen LogP contribution in [0.2, 0.25) is 0 Å². The van der Waals surface area contributed by atoms with Crippen LogP contribution in [0.4, 0.5) is 0 Å². The lowest BCUT2D eigenvalue weighted by Crippen LogP contribution is -2.04. The highest BCUT2D eigenvalue weighted by Crippen LogP contribution is 2.41. The first-order valence-electron chi connectivity index (χ1n) is 18.8. The van der Waals surface area contributed by atoms with E-state index in [2.05, 4.69) is 120 Å². The molecule has 11 rings (SSSR count). The highest BCUT2D eigenvalue weighted by atomic mass is 16.3. The Bertz CT molecular complexity index is 3180. The number of hydrogen-bond donors (Lipinski definition) is 0. The minimum Gasteiger partial charge on any atom is -0.456 e. The molecule has 56 heavy (non-hydrogen) atoms. The summed E-state index contributed by atoms with van der Waals surface area (Å²) < 4.78 is 8.81. The number of nitrogens with zero attached hydrogens (tertiary/aromatic N) is 4. The molecule has 0 atom stereocenters. The summed E-state index contributed by atoms with van der Waals surface area (Å²) >= 11 is 0. The highest BCUT2D eigenvalue weighted by molar-refractivity contribution is 6.17. The zero-order valence-electron chi connectivity index (χ0n) is 30.2. The van der Waals surface area contributed by atoms with Crippen molar-refractivity contribution in [1.82, 2.24) is 19.5 Å². The van der Waals surface area contributed by atoms with Gasteiger partial charge in [0.05, 0.1) is 16.7 Å². The first-order chi connectivity index (χ1) is 27.7. The summed E-state index contributed by atoms with van der Waals surface area (Å²) in [6, 6.07) is 67.5. The van der Waals surface area contributed by atoms with E-state index in [9.17, 15) is 0 Å². The van der Waals surface area contributed by atoms with E-state index >= 15 is 0 Å². The molecule has 0 aliphatic heterocycles. The Kier molecular flexibility index (Phi) is 7.42. The molecule has 8 aromatic carbocycles. The summed E-state index contributed by atoms with van der Waals surface area (Å²) in [6.45, 7) is 0. The van der Waals surface area contributed by atoms with Crippen LogP contribution in [0.15, 0.2) is 199 Å². The van der Waals surface area contributed by atoms with Crippen molar-refractivity contribution in [2.24, 2.45) is 0 Å². The Morgan fingerprint density at radius 3 is 1.59 bits per heavy atom. The molecule has 5 heteroatoms. The number of aromatic nitrogens is 4. The Balaban J connectivity index is 1.21. The lowest BCUT2D eigenvalue weighted by molar-refractivity contribution is 0.669. The second-order valence-corrected chi connectivity index (χ2v) is 14.0. The summed E-state index contributed by atoms with van der Waals surface area (Å²) in [5.41, 5.74) is 12.0. The lowest BCUT2D eigenvalue weighted by atomic mass is 9.97. The third-order valence-corrected chi connectivity index (χ3v) is 10.7. The molecule has 5 nitrogen and oxygen atoms in total. The summed E-state index contributed by atoms with van der Waals surface area (Å²) in [7, 11) is 0. The molecular formula is C51H32N4O. The number of furan rings is 1. The van der Waals surface area contributed by atoms with Crippen molar-refractivity contribution in [3.05, 3.63) is 194 Å². The quantitative estimate of drug-likeness (QED) is 0.172. The minimum atomic E-state index is 0.588. The Morgan fingerprint density at radius 2 is 0.875 bits per heavy atom. The average molecular weight is 717 g/mol. The van der Waals surface area contributed by atoms with Gasteiger partial charge in [-0.25, -0.2) is 15.0 Å². The van der Waals surface area contributed by atoms with E-state index in [0.717, 1.165) is 82.8 Å². The smallest absolute Gasteiger partial charge is 0.166 e.